The molecule has 3 heterocycles. The summed E-state index contributed by atoms with van der Waals surface area (Å²) in [6, 6.07) is 8.40. The van der Waals surface area contributed by atoms with E-state index in [4.69, 9.17) is 4.74 Å². The third-order valence-corrected chi connectivity index (χ3v) is 8.84. The van der Waals surface area contributed by atoms with Gasteiger partial charge in [0.15, 0.2) is 17.4 Å². The molecule has 0 unspecified atom stereocenters. The minimum Gasteiger partial charge on any atom is -0.486 e. The maximum atomic E-state index is 15.1. The van der Waals surface area contributed by atoms with Crippen LogP contribution >= 0.6 is 0 Å². The fourth-order valence-corrected chi connectivity index (χ4v) is 6.68. The second-order valence-corrected chi connectivity index (χ2v) is 11.8. The van der Waals surface area contributed by atoms with Crippen LogP contribution < -0.4 is 14.5 Å². The summed E-state index contributed by atoms with van der Waals surface area (Å²) in [6.45, 7) is 7.34. The van der Waals surface area contributed by atoms with Crippen molar-refractivity contribution in [1.82, 2.24) is 14.9 Å². The molecule has 0 amide bonds. The number of aromatic nitrogens is 2. The normalized spacial score (nSPS) is 17.4. The molecule has 0 bridgehead atoms. The van der Waals surface area contributed by atoms with Crippen LogP contribution in [0.3, 0.4) is 0 Å². The predicted octanol–water partition coefficient (Wildman–Crippen LogP) is 5.64. The molecule has 40 heavy (non-hydrogen) atoms. The van der Waals surface area contributed by atoms with Gasteiger partial charge in [-0.15, -0.1) is 0 Å². The van der Waals surface area contributed by atoms with Gasteiger partial charge in [-0.2, -0.15) is 0 Å². The standard InChI is InChI=1S/C32H39F2N5O/c1-20(2)39-14-15-40-32-26(33)16-22(17-29(32)39)31-27(34)19-35-30(36-31)18-21-8-9-28(25-7-5-6-24(21)25)38-12-10-23(11-13-38)37(3)4/h8-9,16-17,19-20,23H,5-7,10-15,18H2,1-4H3. The van der Waals surface area contributed by atoms with E-state index in [1.165, 1.54) is 47.5 Å². The molecular weight excluding hydrogens is 508 g/mol. The molecule has 8 heteroatoms. The second kappa shape index (κ2) is 11.0. The van der Waals surface area contributed by atoms with Crippen molar-refractivity contribution in [3.05, 3.63) is 64.6 Å². The van der Waals surface area contributed by atoms with Crippen LogP contribution in [0.2, 0.25) is 0 Å². The maximum absolute atomic E-state index is 15.1. The van der Waals surface area contributed by atoms with Crippen LogP contribution in [0, 0.1) is 11.6 Å². The van der Waals surface area contributed by atoms with Crippen LogP contribution in [0.15, 0.2) is 30.5 Å². The summed E-state index contributed by atoms with van der Waals surface area (Å²) in [5.74, 6) is -0.293. The van der Waals surface area contributed by atoms with Crippen LogP contribution in [-0.4, -0.2) is 67.3 Å². The Morgan fingerprint density at radius 2 is 1.77 bits per heavy atom. The van der Waals surface area contributed by atoms with Crippen molar-refractivity contribution in [2.24, 2.45) is 0 Å². The van der Waals surface area contributed by atoms with Crippen molar-refractivity contribution in [3.63, 3.8) is 0 Å². The molecule has 1 saturated heterocycles. The van der Waals surface area contributed by atoms with Crippen LogP contribution in [0.1, 0.15) is 55.6 Å². The molecule has 0 saturated carbocycles. The lowest BCUT2D eigenvalue weighted by atomic mass is 9.96. The minimum absolute atomic E-state index is 0.123. The average Bonchev–Trinajstić information content (AvgIpc) is 3.44. The molecule has 0 radical (unpaired) electrons. The quantitative estimate of drug-likeness (QED) is 0.398. The molecule has 2 aromatic carbocycles. The molecule has 1 aromatic heterocycles. The Hall–Kier alpha value is -3.26. The SMILES string of the molecule is CC(C)N1CCOc2c(F)cc(-c3nc(Cc4ccc(N5CCC(N(C)C)CC5)c5c4CCC5)ncc3F)cc21. The smallest absolute Gasteiger partial charge is 0.178 e. The van der Waals surface area contributed by atoms with Gasteiger partial charge in [-0.3, -0.25) is 0 Å². The van der Waals surface area contributed by atoms with Crippen LogP contribution in [0.25, 0.3) is 11.3 Å². The molecule has 212 valence electrons. The van der Waals surface area contributed by atoms with Crippen LogP contribution in [-0.2, 0) is 19.3 Å². The van der Waals surface area contributed by atoms with Crippen molar-refractivity contribution in [1.29, 1.82) is 0 Å². The third-order valence-electron chi connectivity index (χ3n) is 8.84. The lowest BCUT2D eigenvalue weighted by Crippen LogP contribution is -2.42. The first kappa shape index (κ1) is 26.9. The predicted molar refractivity (Wildman–Crippen MR) is 156 cm³/mol. The molecule has 2 aliphatic heterocycles. The Morgan fingerprint density at radius 3 is 2.52 bits per heavy atom. The summed E-state index contributed by atoms with van der Waals surface area (Å²) in [6.07, 6.45) is 7.38. The first-order valence-electron chi connectivity index (χ1n) is 14.6. The van der Waals surface area contributed by atoms with Gasteiger partial charge in [-0.1, -0.05) is 6.07 Å². The number of anilines is 2. The zero-order chi connectivity index (χ0) is 28.0. The van der Waals surface area contributed by atoms with E-state index in [1.807, 2.05) is 0 Å². The van der Waals surface area contributed by atoms with Gasteiger partial charge in [0.2, 0.25) is 0 Å². The number of hydrogen-bond acceptors (Lipinski definition) is 6. The first-order chi connectivity index (χ1) is 19.3. The van der Waals surface area contributed by atoms with E-state index >= 15 is 8.78 Å². The number of ether oxygens (including phenoxy) is 1. The summed E-state index contributed by atoms with van der Waals surface area (Å²) in [7, 11) is 4.35. The number of rotatable bonds is 6. The molecule has 3 aliphatic rings. The fraction of sp³-hybridized carbons (Fsp3) is 0.500. The van der Waals surface area contributed by atoms with Gasteiger partial charge < -0.3 is 19.4 Å². The Balaban J connectivity index is 1.29. The van der Waals surface area contributed by atoms with Gasteiger partial charge in [-0.05, 0) is 94.9 Å². The summed E-state index contributed by atoms with van der Waals surface area (Å²) < 4.78 is 35.8. The molecule has 0 N–H and O–H groups in total. The highest BCUT2D eigenvalue weighted by atomic mass is 19.1. The van der Waals surface area contributed by atoms with E-state index in [9.17, 15) is 0 Å². The zero-order valence-corrected chi connectivity index (χ0v) is 24.0. The highest BCUT2D eigenvalue weighted by Crippen LogP contribution is 2.40. The number of hydrogen-bond donors (Lipinski definition) is 0. The number of halogens is 2. The minimum atomic E-state index is -0.558. The highest BCUT2D eigenvalue weighted by molar-refractivity contribution is 5.72. The Bertz CT molecular complexity index is 1400. The van der Waals surface area contributed by atoms with E-state index in [-0.39, 0.29) is 17.5 Å². The van der Waals surface area contributed by atoms with Gasteiger partial charge in [0.1, 0.15) is 18.1 Å². The van der Waals surface area contributed by atoms with Gasteiger partial charge in [0, 0.05) is 42.8 Å². The number of piperidine rings is 1. The Morgan fingerprint density at radius 1 is 1.00 bits per heavy atom. The molecule has 0 atom stereocenters. The van der Waals surface area contributed by atoms with E-state index in [0.29, 0.717) is 42.7 Å². The van der Waals surface area contributed by atoms with E-state index < -0.39 is 11.6 Å². The summed E-state index contributed by atoms with van der Waals surface area (Å²) in [5.41, 5.74) is 6.58. The Labute approximate surface area is 236 Å². The zero-order valence-electron chi connectivity index (χ0n) is 24.0. The molecule has 6 rings (SSSR count). The Kier molecular flexibility index (Phi) is 7.38. The lowest BCUT2D eigenvalue weighted by molar-refractivity contribution is 0.249. The average molecular weight is 548 g/mol. The maximum Gasteiger partial charge on any atom is 0.178 e. The van der Waals surface area contributed by atoms with Crippen molar-refractivity contribution < 1.29 is 13.5 Å². The van der Waals surface area contributed by atoms with E-state index in [2.05, 4.69) is 64.7 Å². The highest BCUT2D eigenvalue weighted by Gasteiger charge is 2.28. The lowest BCUT2D eigenvalue weighted by Gasteiger charge is -2.37. The van der Waals surface area contributed by atoms with Gasteiger partial charge >= 0.3 is 0 Å². The summed E-state index contributed by atoms with van der Waals surface area (Å²) in [4.78, 5) is 16.0. The molecule has 1 fully saturated rings. The van der Waals surface area contributed by atoms with Crippen molar-refractivity contribution in [2.45, 2.75) is 64.5 Å². The monoisotopic (exact) mass is 547 g/mol. The fourth-order valence-electron chi connectivity index (χ4n) is 6.68. The molecule has 1 aliphatic carbocycles. The van der Waals surface area contributed by atoms with Crippen LogP contribution in [0.5, 0.6) is 5.75 Å². The molecular formula is C32H39F2N5O. The number of fused-ring (bicyclic) bond motifs is 2. The molecule has 6 nitrogen and oxygen atoms in total. The second-order valence-electron chi connectivity index (χ2n) is 11.8. The third kappa shape index (κ3) is 5.02. The van der Waals surface area contributed by atoms with Gasteiger partial charge in [-0.25, -0.2) is 18.7 Å². The van der Waals surface area contributed by atoms with Crippen molar-refractivity contribution in [2.75, 3.05) is 50.1 Å². The van der Waals surface area contributed by atoms with Crippen molar-refractivity contribution >= 4 is 11.4 Å². The van der Waals surface area contributed by atoms with Crippen molar-refractivity contribution in [3.8, 4) is 17.0 Å². The van der Waals surface area contributed by atoms with E-state index in [1.54, 1.807) is 6.07 Å². The molecule has 3 aromatic rings. The molecule has 0 spiro atoms. The number of nitrogens with zero attached hydrogens (tertiary/aromatic N) is 5. The largest absolute Gasteiger partial charge is 0.486 e. The summed E-state index contributed by atoms with van der Waals surface area (Å²) >= 11 is 0. The first-order valence-corrected chi connectivity index (χ1v) is 14.6. The van der Waals surface area contributed by atoms with Gasteiger partial charge in [0.05, 0.1) is 18.4 Å². The topological polar surface area (TPSA) is 44.7 Å². The summed E-state index contributed by atoms with van der Waals surface area (Å²) in [5, 5.41) is 0. The van der Waals surface area contributed by atoms with E-state index in [0.717, 1.165) is 32.4 Å². The number of benzene rings is 2. The van der Waals surface area contributed by atoms with Gasteiger partial charge in [0.25, 0.3) is 0 Å². The van der Waals surface area contributed by atoms with Crippen LogP contribution in [0.4, 0.5) is 20.2 Å².